The number of anilines is 2. The van der Waals surface area contributed by atoms with Gasteiger partial charge in [0.25, 0.3) is 11.8 Å². The molecular weight excluding hydrogens is 520 g/mol. The fourth-order valence-corrected chi connectivity index (χ4v) is 5.12. The van der Waals surface area contributed by atoms with Crippen molar-refractivity contribution in [2.24, 2.45) is 7.05 Å². The van der Waals surface area contributed by atoms with E-state index in [0.29, 0.717) is 40.4 Å². The Kier molecular flexibility index (Phi) is 6.58. The molecule has 10 heteroatoms. The summed E-state index contributed by atoms with van der Waals surface area (Å²) in [4.78, 5) is 39.4. The molecule has 2 aromatic heterocycles. The summed E-state index contributed by atoms with van der Waals surface area (Å²) in [5.41, 5.74) is 5.40. The molecule has 206 valence electrons. The molecule has 0 fully saturated rings. The molecule has 0 bridgehead atoms. The highest BCUT2D eigenvalue weighted by atomic mass is 16.5. The Balaban J connectivity index is 1.42. The number of imide groups is 1. The monoisotopic (exact) mass is 548 g/mol. The van der Waals surface area contributed by atoms with Crippen LogP contribution in [0.25, 0.3) is 22.3 Å². The molecule has 0 saturated carbocycles. The van der Waals surface area contributed by atoms with Gasteiger partial charge in [0.15, 0.2) is 0 Å². The molecule has 0 saturated heterocycles. The van der Waals surface area contributed by atoms with Gasteiger partial charge in [0, 0.05) is 54.9 Å². The van der Waals surface area contributed by atoms with Crippen molar-refractivity contribution in [3.05, 3.63) is 90.4 Å². The summed E-state index contributed by atoms with van der Waals surface area (Å²) in [6.45, 7) is 2.18. The van der Waals surface area contributed by atoms with Crippen LogP contribution in [0.4, 0.5) is 11.4 Å². The molecule has 1 aliphatic heterocycles. The quantitative estimate of drug-likeness (QED) is 0.253. The zero-order valence-corrected chi connectivity index (χ0v) is 23.1. The van der Waals surface area contributed by atoms with E-state index in [1.54, 1.807) is 61.6 Å². The summed E-state index contributed by atoms with van der Waals surface area (Å²) in [6.07, 6.45) is 5.37. The zero-order chi connectivity index (χ0) is 28.7. The van der Waals surface area contributed by atoms with Crippen LogP contribution in [-0.2, 0) is 7.05 Å². The summed E-state index contributed by atoms with van der Waals surface area (Å²) in [5, 5.41) is 4.25. The molecule has 5 aromatic rings. The Bertz CT molecular complexity index is 1740. The Hall–Kier alpha value is -5.25. The van der Waals surface area contributed by atoms with Gasteiger partial charge in [-0.05, 0) is 37.3 Å². The molecule has 0 radical (unpaired) electrons. The standard InChI is InChI=1S/C31H28N6O4/c1-19(37-30(38)25-7-5-6-8-26(25)31(37)39)17-36(22-11-23(40-3)14-24(12-22)41-4)21-9-10-27-28(13-21)34-29(16-32-27)20-15-33-35(2)18-20/h5-16,18-19H,17H2,1-4H3. The molecule has 0 N–H and O–H groups in total. The molecule has 6 rings (SSSR count). The van der Waals surface area contributed by atoms with Crippen molar-refractivity contribution in [3.63, 3.8) is 0 Å². The van der Waals surface area contributed by atoms with Gasteiger partial charge in [-0.1, -0.05) is 12.1 Å². The van der Waals surface area contributed by atoms with Crippen molar-refractivity contribution in [1.29, 1.82) is 0 Å². The number of rotatable bonds is 8. The van der Waals surface area contributed by atoms with Crippen molar-refractivity contribution >= 4 is 34.2 Å². The highest BCUT2D eigenvalue weighted by Gasteiger charge is 2.38. The van der Waals surface area contributed by atoms with Gasteiger partial charge in [0.05, 0.1) is 60.5 Å². The van der Waals surface area contributed by atoms with Crippen LogP contribution in [0.1, 0.15) is 27.6 Å². The first-order valence-corrected chi connectivity index (χ1v) is 13.1. The predicted molar refractivity (Wildman–Crippen MR) is 155 cm³/mol. The number of aromatic nitrogens is 4. The number of hydrogen-bond acceptors (Lipinski definition) is 8. The Labute approximate surface area is 236 Å². The predicted octanol–water partition coefficient (Wildman–Crippen LogP) is 4.87. The summed E-state index contributed by atoms with van der Waals surface area (Å²) in [6, 6.07) is 17.8. The molecular formula is C31H28N6O4. The number of aryl methyl sites for hydroxylation is 1. The van der Waals surface area contributed by atoms with Gasteiger partial charge in [-0.25, -0.2) is 4.98 Å². The summed E-state index contributed by atoms with van der Waals surface area (Å²) in [5.74, 6) is 0.618. The summed E-state index contributed by atoms with van der Waals surface area (Å²) in [7, 11) is 5.04. The zero-order valence-electron chi connectivity index (χ0n) is 23.1. The van der Waals surface area contributed by atoms with E-state index in [1.165, 1.54) is 4.90 Å². The number of amides is 2. The van der Waals surface area contributed by atoms with Crippen molar-refractivity contribution in [1.82, 2.24) is 24.6 Å². The van der Waals surface area contributed by atoms with E-state index < -0.39 is 6.04 Å². The van der Waals surface area contributed by atoms with E-state index in [1.807, 2.05) is 55.4 Å². The van der Waals surface area contributed by atoms with Crippen LogP contribution in [0.2, 0.25) is 0 Å². The Morgan fingerprint density at radius 1 is 0.854 bits per heavy atom. The lowest BCUT2D eigenvalue weighted by molar-refractivity contribution is 0.0602. The minimum atomic E-state index is -0.469. The van der Waals surface area contributed by atoms with Gasteiger partial charge in [-0.15, -0.1) is 0 Å². The fraction of sp³-hybridized carbons (Fsp3) is 0.194. The number of methoxy groups -OCH3 is 2. The molecule has 1 aliphatic rings. The SMILES string of the molecule is COc1cc(OC)cc(N(CC(C)N2C(=O)c3ccccc3C2=O)c2ccc3ncc(-c4cnn(C)c4)nc3c2)c1. The third-order valence-corrected chi connectivity index (χ3v) is 7.20. The normalized spacial score (nSPS) is 13.4. The van der Waals surface area contributed by atoms with E-state index in [9.17, 15) is 9.59 Å². The first-order chi connectivity index (χ1) is 19.9. The average molecular weight is 549 g/mol. The molecule has 10 nitrogen and oxygen atoms in total. The lowest BCUT2D eigenvalue weighted by Gasteiger charge is -2.32. The molecule has 0 aliphatic carbocycles. The van der Waals surface area contributed by atoms with Crippen LogP contribution in [0.3, 0.4) is 0 Å². The minimum absolute atomic E-state index is 0.299. The molecule has 1 atom stereocenters. The van der Waals surface area contributed by atoms with Crippen molar-refractivity contribution in [2.75, 3.05) is 25.7 Å². The molecule has 3 heterocycles. The van der Waals surface area contributed by atoms with Gasteiger partial charge in [-0.3, -0.25) is 24.2 Å². The average Bonchev–Trinajstić information content (AvgIpc) is 3.55. The number of fused-ring (bicyclic) bond motifs is 2. The summed E-state index contributed by atoms with van der Waals surface area (Å²) >= 11 is 0. The fourth-order valence-electron chi connectivity index (χ4n) is 5.12. The van der Waals surface area contributed by atoms with Crippen LogP contribution in [-0.4, -0.2) is 63.3 Å². The highest BCUT2D eigenvalue weighted by Crippen LogP contribution is 2.35. The van der Waals surface area contributed by atoms with Crippen LogP contribution in [0.15, 0.2) is 79.3 Å². The molecule has 3 aromatic carbocycles. The van der Waals surface area contributed by atoms with E-state index in [0.717, 1.165) is 22.5 Å². The van der Waals surface area contributed by atoms with Gasteiger partial charge in [0.2, 0.25) is 0 Å². The number of hydrogen-bond donors (Lipinski definition) is 0. The van der Waals surface area contributed by atoms with Crippen LogP contribution in [0.5, 0.6) is 11.5 Å². The maximum atomic E-state index is 13.3. The first-order valence-electron chi connectivity index (χ1n) is 13.1. The second-order valence-corrected chi connectivity index (χ2v) is 9.89. The molecule has 0 spiro atoms. The number of carbonyl (C=O) groups excluding carboxylic acids is 2. The maximum Gasteiger partial charge on any atom is 0.261 e. The van der Waals surface area contributed by atoms with E-state index in [2.05, 4.69) is 10.1 Å². The second-order valence-electron chi connectivity index (χ2n) is 9.89. The Morgan fingerprint density at radius 3 is 2.15 bits per heavy atom. The van der Waals surface area contributed by atoms with Gasteiger partial charge < -0.3 is 14.4 Å². The Morgan fingerprint density at radius 2 is 1.54 bits per heavy atom. The van der Waals surface area contributed by atoms with Crippen LogP contribution >= 0.6 is 0 Å². The lowest BCUT2D eigenvalue weighted by Crippen LogP contribution is -2.44. The van der Waals surface area contributed by atoms with Crippen molar-refractivity contribution in [3.8, 4) is 22.8 Å². The molecule has 1 unspecified atom stereocenters. The molecule has 41 heavy (non-hydrogen) atoms. The van der Waals surface area contributed by atoms with Crippen molar-refractivity contribution < 1.29 is 19.1 Å². The number of nitrogens with zero attached hydrogens (tertiary/aromatic N) is 6. The van der Waals surface area contributed by atoms with E-state index in [4.69, 9.17) is 14.5 Å². The van der Waals surface area contributed by atoms with E-state index >= 15 is 0 Å². The second kappa shape index (κ2) is 10.4. The first kappa shape index (κ1) is 26.0. The summed E-state index contributed by atoms with van der Waals surface area (Å²) < 4.78 is 12.8. The number of benzene rings is 3. The van der Waals surface area contributed by atoms with Gasteiger partial charge in [0.1, 0.15) is 11.5 Å². The van der Waals surface area contributed by atoms with Gasteiger partial charge >= 0.3 is 0 Å². The number of carbonyl (C=O) groups is 2. The van der Waals surface area contributed by atoms with Crippen LogP contribution < -0.4 is 14.4 Å². The van der Waals surface area contributed by atoms with Gasteiger partial charge in [-0.2, -0.15) is 5.10 Å². The minimum Gasteiger partial charge on any atom is -0.497 e. The highest BCUT2D eigenvalue weighted by molar-refractivity contribution is 6.21. The lowest BCUT2D eigenvalue weighted by atomic mass is 10.1. The molecule has 2 amide bonds. The topological polar surface area (TPSA) is 103 Å². The van der Waals surface area contributed by atoms with E-state index in [-0.39, 0.29) is 11.8 Å². The third-order valence-electron chi connectivity index (χ3n) is 7.20. The van der Waals surface area contributed by atoms with Crippen LogP contribution in [0, 0.1) is 0 Å². The number of ether oxygens (including phenoxy) is 2. The van der Waals surface area contributed by atoms with Crippen molar-refractivity contribution in [2.45, 2.75) is 13.0 Å². The largest absolute Gasteiger partial charge is 0.497 e. The maximum absolute atomic E-state index is 13.3. The third kappa shape index (κ3) is 4.73. The smallest absolute Gasteiger partial charge is 0.261 e.